The third kappa shape index (κ3) is 3.33. The second-order valence-corrected chi connectivity index (χ2v) is 8.26. The van der Waals surface area contributed by atoms with Gasteiger partial charge in [-0.2, -0.15) is 4.98 Å². The largest absolute Gasteiger partial charge is 0.342 e. The van der Waals surface area contributed by atoms with Crippen LogP contribution >= 0.6 is 23.2 Å². The van der Waals surface area contributed by atoms with Crippen molar-refractivity contribution in [3.63, 3.8) is 0 Å². The van der Waals surface area contributed by atoms with Crippen molar-refractivity contribution in [2.45, 2.75) is 26.3 Å². The zero-order valence-electron chi connectivity index (χ0n) is 15.7. The van der Waals surface area contributed by atoms with E-state index < -0.39 is 11.2 Å². The van der Waals surface area contributed by atoms with Crippen molar-refractivity contribution in [3.8, 4) is 0 Å². The predicted octanol–water partition coefficient (Wildman–Crippen LogP) is 3.01. The minimum atomic E-state index is -0.437. The molecule has 0 amide bonds. The van der Waals surface area contributed by atoms with E-state index in [-0.39, 0.29) is 6.54 Å². The molecule has 28 heavy (non-hydrogen) atoms. The number of halogens is 2. The molecule has 1 fully saturated rings. The predicted molar refractivity (Wildman–Crippen MR) is 112 cm³/mol. The monoisotopic (exact) mass is 421 g/mol. The van der Waals surface area contributed by atoms with Crippen LogP contribution in [-0.4, -0.2) is 32.2 Å². The molecule has 0 spiro atoms. The Kier molecular flexibility index (Phi) is 4.97. The van der Waals surface area contributed by atoms with Gasteiger partial charge in [0.15, 0.2) is 11.2 Å². The van der Waals surface area contributed by atoms with Gasteiger partial charge < -0.3 is 9.88 Å². The molecule has 1 saturated heterocycles. The molecule has 0 bridgehead atoms. The van der Waals surface area contributed by atoms with Gasteiger partial charge in [0.25, 0.3) is 5.56 Å². The second-order valence-electron chi connectivity index (χ2n) is 7.42. The fraction of sp³-hybridized carbons (Fsp3) is 0.421. The number of nitrogens with zero attached hydrogens (tertiary/aromatic N) is 4. The van der Waals surface area contributed by atoms with Gasteiger partial charge in [0.05, 0.1) is 6.54 Å². The molecule has 0 aliphatic carbocycles. The maximum absolute atomic E-state index is 13.0. The van der Waals surface area contributed by atoms with Crippen molar-refractivity contribution in [2.24, 2.45) is 13.0 Å². The van der Waals surface area contributed by atoms with Gasteiger partial charge in [-0.3, -0.25) is 13.9 Å². The van der Waals surface area contributed by atoms with E-state index in [1.807, 2.05) is 0 Å². The van der Waals surface area contributed by atoms with Crippen LogP contribution in [0.2, 0.25) is 10.0 Å². The number of piperidine rings is 1. The normalized spacial score (nSPS) is 17.4. The van der Waals surface area contributed by atoms with Crippen LogP contribution < -0.4 is 16.1 Å². The van der Waals surface area contributed by atoms with Crippen LogP contribution in [-0.2, 0) is 13.6 Å². The number of H-pyrrole nitrogens is 1. The third-order valence-electron chi connectivity index (χ3n) is 5.27. The van der Waals surface area contributed by atoms with E-state index in [1.165, 1.54) is 11.0 Å². The van der Waals surface area contributed by atoms with Crippen LogP contribution in [0.1, 0.15) is 25.3 Å². The maximum atomic E-state index is 13.0. The average molecular weight is 422 g/mol. The first-order chi connectivity index (χ1) is 13.3. The van der Waals surface area contributed by atoms with Crippen molar-refractivity contribution in [3.05, 3.63) is 54.6 Å². The van der Waals surface area contributed by atoms with Crippen LogP contribution in [0, 0.1) is 5.92 Å². The number of hydrogen-bond acceptors (Lipinski definition) is 4. The number of nitrogens with one attached hydrogen (secondary N) is 1. The molecule has 1 unspecified atom stereocenters. The Labute approximate surface area is 171 Å². The highest BCUT2D eigenvalue weighted by Crippen LogP contribution is 2.23. The molecule has 3 aromatic rings. The Balaban J connectivity index is 1.80. The highest BCUT2D eigenvalue weighted by Gasteiger charge is 2.22. The molecule has 1 aromatic carbocycles. The van der Waals surface area contributed by atoms with Crippen LogP contribution in [0.15, 0.2) is 27.8 Å². The van der Waals surface area contributed by atoms with Gasteiger partial charge in [0, 0.05) is 30.2 Å². The summed E-state index contributed by atoms with van der Waals surface area (Å²) in [6.45, 7) is 4.02. The van der Waals surface area contributed by atoms with Crippen LogP contribution in [0.3, 0.4) is 0 Å². The maximum Gasteiger partial charge on any atom is 0.332 e. The lowest BCUT2D eigenvalue weighted by molar-refractivity contribution is 0.443. The summed E-state index contributed by atoms with van der Waals surface area (Å²) in [5, 5.41) is 0.910. The first kappa shape index (κ1) is 19.1. The third-order valence-corrected chi connectivity index (χ3v) is 5.85. The summed E-state index contributed by atoms with van der Waals surface area (Å²) in [5.41, 5.74) is 0.484. The molecular weight excluding hydrogens is 401 g/mol. The Morgan fingerprint density at radius 2 is 2.07 bits per heavy atom. The highest BCUT2D eigenvalue weighted by molar-refractivity contribution is 6.35. The topological polar surface area (TPSA) is 75.9 Å². The average Bonchev–Trinajstić information content (AvgIpc) is 3.11. The van der Waals surface area contributed by atoms with Crippen molar-refractivity contribution in [1.29, 1.82) is 0 Å². The Bertz CT molecular complexity index is 1160. The standard InChI is InChI=1S/C19H21Cl2N5O2/c1-11-4-3-7-25(9-11)18-22-15-16(23-18)24(2)19(28)26(17(15)27)10-12-5-6-13(20)8-14(12)21/h5-6,8,11H,3-4,7,9-10H2,1-2H3,(H,22,23). The van der Waals surface area contributed by atoms with Gasteiger partial charge in [0.2, 0.25) is 5.95 Å². The zero-order valence-corrected chi connectivity index (χ0v) is 17.2. The van der Waals surface area contributed by atoms with E-state index in [0.717, 1.165) is 24.1 Å². The molecule has 148 valence electrons. The van der Waals surface area contributed by atoms with E-state index in [0.29, 0.717) is 38.6 Å². The number of aromatic amines is 1. The summed E-state index contributed by atoms with van der Waals surface area (Å²) in [7, 11) is 1.62. The minimum absolute atomic E-state index is 0.0621. The molecule has 3 heterocycles. The van der Waals surface area contributed by atoms with Gasteiger partial charge in [-0.1, -0.05) is 36.2 Å². The van der Waals surface area contributed by atoms with Gasteiger partial charge in [-0.25, -0.2) is 4.79 Å². The number of imidazole rings is 1. The van der Waals surface area contributed by atoms with Crippen molar-refractivity contribution in [2.75, 3.05) is 18.0 Å². The Hall–Kier alpha value is -2.25. The number of aryl methyl sites for hydroxylation is 1. The van der Waals surface area contributed by atoms with Gasteiger partial charge in [-0.05, 0) is 36.5 Å². The Morgan fingerprint density at radius 1 is 1.29 bits per heavy atom. The quantitative estimate of drug-likeness (QED) is 0.704. The number of benzene rings is 1. The SMILES string of the molecule is CC1CCCN(c2nc3c([nH]2)c(=O)n(Cc2ccc(Cl)cc2Cl)c(=O)n3C)C1. The van der Waals surface area contributed by atoms with Crippen LogP contribution in [0.25, 0.3) is 11.2 Å². The lowest BCUT2D eigenvalue weighted by Crippen LogP contribution is -2.39. The molecule has 1 atom stereocenters. The van der Waals surface area contributed by atoms with Crippen molar-refractivity contribution >= 4 is 40.3 Å². The summed E-state index contributed by atoms with van der Waals surface area (Å²) in [4.78, 5) is 35.7. The fourth-order valence-electron chi connectivity index (χ4n) is 3.73. The van der Waals surface area contributed by atoms with E-state index in [1.54, 1.807) is 25.2 Å². The van der Waals surface area contributed by atoms with Crippen molar-refractivity contribution < 1.29 is 0 Å². The molecule has 2 aromatic heterocycles. The van der Waals surface area contributed by atoms with Crippen molar-refractivity contribution in [1.82, 2.24) is 19.1 Å². The first-order valence-corrected chi connectivity index (χ1v) is 9.99. The van der Waals surface area contributed by atoms with Gasteiger partial charge in [0.1, 0.15) is 0 Å². The van der Waals surface area contributed by atoms with Crippen LogP contribution in [0.4, 0.5) is 5.95 Å². The number of anilines is 1. The number of aromatic nitrogens is 4. The number of rotatable bonds is 3. The first-order valence-electron chi connectivity index (χ1n) is 9.23. The Morgan fingerprint density at radius 3 is 2.79 bits per heavy atom. The number of fused-ring (bicyclic) bond motifs is 1. The summed E-state index contributed by atoms with van der Waals surface area (Å²) < 4.78 is 2.56. The fourth-order valence-corrected chi connectivity index (χ4v) is 4.20. The molecule has 7 nitrogen and oxygen atoms in total. The van der Waals surface area contributed by atoms with Crippen LogP contribution in [0.5, 0.6) is 0 Å². The molecule has 1 aliphatic rings. The lowest BCUT2D eigenvalue weighted by Gasteiger charge is -2.30. The molecular formula is C19H21Cl2N5O2. The smallest absolute Gasteiger partial charge is 0.332 e. The highest BCUT2D eigenvalue weighted by atomic mass is 35.5. The summed E-state index contributed by atoms with van der Waals surface area (Å²) in [5.74, 6) is 1.20. The zero-order chi connectivity index (χ0) is 20.0. The van der Waals surface area contributed by atoms with Gasteiger partial charge in [-0.15, -0.1) is 0 Å². The number of hydrogen-bond donors (Lipinski definition) is 1. The molecule has 1 aliphatic heterocycles. The minimum Gasteiger partial charge on any atom is -0.342 e. The summed E-state index contributed by atoms with van der Waals surface area (Å²) >= 11 is 12.2. The van der Waals surface area contributed by atoms with E-state index in [2.05, 4.69) is 21.8 Å². The summed E-state index contributed by atoms with van der Waals surface area (Å²) in [6.07, 6.45) is 2.26. The molecule has 0 saturated carbocycles. The van der Waals surface area contributed by atoms with E-state index >= 15 is 0 Å². The summed E-state index contributed by atoms with van der Waals surface area (Å²) in [6, 6.07) is 5.00. The van der Waals surface area contributed by atoms with Gasteiger partial charge >= 0.3 is 5.69 Å². The second kappa shape index (κ2) is 7.29. The van der Waals surface area contributed by atoms with E-state index in [4.69, 9.17) is 23.2 Å². The molecule has 0 radical (unpaired) electrons. The molecule has 4 rings (SSSR count). The molecule has 9 heteroatoms. The lowest BCUT2D eigenvalue weighted by atomic mass is 10.0. The van der Waals surface area contributed by atoms with E-state index in [9.17, 15) is 9.59 Å². The molecule has 1 N–H and O–H groups in total.